The molecule has 134 valence electrons. The zero-order valence-corrected chi connectivity index (χ0v) is 14.9. The molecule has 9 heteroatoms. The topological polar surface area (TPSA) is 92.7 Å². The van der Waals surface area contributed by atoms with Gasteiger partial charge in [-0.2, -0.15) is 4.52 Å². The summed E-state index contributed by atoms with van der Waals surface area (Å²) in [6, 6.07) is 3.78. The highest BCUT2D eigenvalue weighted by Crippen LogP contribution is 2.35. The summed E-state index contributed by atoms with van der Waals surface area (Å²) in [7, 11) is 0. The molecule has 8 nitrogen and oxygen atoms in total. The van der Waals surface area contributed by atoms with Crippen molar-refractivity contribution in [3.63, 3.8) is 0 Å². The van der Waals surface area contributed by atoms with E-state index in [0.717, 1.165) is 43.4 Å². The van der Waals surface area contributed by atoms with E-state index in [4.69, 9.17) is 9.52 Å². The minimum Gasteiger partial charge on any atom is -0.492 e. The largest absolute Gasteiger partial charge is 0.492 e. The van der Waals surface area contributed by atoms with Crippen LogP contribution >= 0.6 is 11.3 Å². The van der Waals surface area contributed by atoms with Gasteiger partial charge in [0.2, 0.25) is 10.8 Å². The second-order valence-corrected chi connectivity index (χ2v) is 7.48. The number of aliphatic hydroxyl groups is 1. The molecule has 4 rings (SSSR count). The molecular weight excluding hydrogens is 342 g/mol. The Kier molecular flexibility index (Phi) is 4.46. The van der Waals surface area contributed by atoms with Crippen molar-refractivity contribution in [2.24, 2.45) is 0 Å². The van der Waals surface area contributed by atoms with Gasteiger partial charge in [-0.25, -0.2) is 4.98 Å². The standard InChI is InChI=1S/C16H21N5O3S/c1-11-17-16-21(18-11)15(23)14(25-16)13(12-3-2-10-24-12)20-6-4-19(5-7-20)8-9-22/h2-3,10,13,22-23H,4-9H2,1H3/p+2/t13-/m0/s1. The molecule has 3 aromatic heterocycles. The number of aliphatic hydroxyl groups excluding tert-OH is 1. The molecule has 0 saturated carbocycles. The Morgan fingerprint density at radius 2 is 2.16 bits per heavy atom. The maximum absolute atomic E-state index is 10.7. The van der Waals surface area contributed by atoms with E-state index in [2.05, 4.69) is 10.1 Å². The zero-order valence-electron chi connectivity index (χ0n) is 14.1. The van der Waals surface area contributed by atoms with E-state index in [1.807, 2.05) is 19.1 Å². The van der Waals surface area contributed by atoms with Crippen molar-refractivity contribution < 1.29 is 24.4 Å². The van der Waals surface area contributed by atoms with Crippen LogP contribution in [0.5, 0.6) is 5.88 Å². The molecule has 1 aliphatic rings. The van der Waals surface area contributed by atoms with E-state index in [9.17, 15) is 5.11 Å². The molecule has 0 aliphatic carbocycles. The lowest BCUT2D eigenvalue weighted by Crippen LogP contribution is -3.28. The normalized spacial score (nSPS) is 22.5. The molecule has 4 N–H and O–H groups in total. The first-order valence-corrected chi connectivity index (χ1v) is 9.36. The van der Waals surface area contributed by atoms with Crippen LogP contribution in [0.3, 0.4) is 0 Å². The van der Waals surface area contributed by atoms with Gasteiger partial charge in [0.15, 0.2) is 11.8 Å². The van der Waals surface area contributed by atoms with Crippen LogP contribution < -0.4 is 9.80 Å². The molecule has 25 heavy (non-hydrogen) atoms. The number of hydrogen-bond acceptors (Lipinski definition) is 6. The quantitative estimate of drug-likeness (QED) is 0.431. The fraction of sp³-hybridized carbons (Fsp3) is 0.500. The second kappa shape index (κ2) is 6.75. The van der Waals surface area contributed by atoms with Crippen LogP contribution in [0.15, 0.2) is 22.8 Å². The number of nitrogens with zero attached hydrogens (tertiary/aromatic N) is 3. The summed E-state index contributed by atoms with van der Waals surface area (Å²) in [4.78, 5) is 8.69. The average Bonchev–Trinajstić information content (AvgIpc) is 3.30. The molecule has 4 heterocycles. The lowest BCUT2D eigenvalue weighted by atomic mass is 10.1. The van der Waals surface area contributed by atoms with Crippen LogP contribution in [0, 0.1) is 6.92 Å². The van der Waals surface area contributed by atoms with Crippen LogP contribution in [0.1, 0.15) is 22.5 Å². The highest BCUT2D eigenvalue weighted by Gasteiger charge is 2.37. The molecule has 1 saturated heterocycles. The third kappa shape index (κ3) is 3.04. The Labute approximate surface area is 148 Å². The number of aromatic hydroxyl groups is 1. The summed E-state index contributed by atoms with van der Waals surface area (Å²) < 4.78 is 7.22. The molecule has 3 aromatic rings. The van der Waals surface area contributed by atoms with Crippen molar-refractivity contribution in [3.8, 4) is 5.88 Å². The number of fused-ring (bicyclic) bond motifs is 1. The summed E-state index contributed by atoms with van der Waals surface area (Å²) in [6.45, 7) is 6.72. The zero-order chi connectivity index (χ0) is 17.4. The van der Waals surface area contributed by atoms with Crippen molar-refractivity contribution in [3.05, 3.63) is 34.9 Å². The molecule has 0 unspecified atom stereocenters. The number of furan rings is 1. The molecule has 0 bridgehead atoms. The Morgan fingerprint density at radius 3 is 2.80 bits per heavy atom. The first-order valence-electron chi connectivity index (χ1n) is 8.55. The SMILES string of the molecule is Cc1nc2sc([C@H](c3ccco3)[NH+]3CC[NH+](CCO)CC3)c(O)n2n1. The smallest absolute Gasteiger partial charge is 0.235 e. The van der Waals surface area contributed by atoms with E-state index >= 15 is 0 Å². The van der Waals surface area contributed by atoms with Crippen LogP contribution in [-0.4, -0.2) is 64.1 Å². The summed E-state index contributed by atoms with van der Waals surface area (Å²) >= 11 is 1.47. The first kappa shape index (κ1) is 16.5. The van der Waals surface area contributed by atoms with E-state index in [1.165, 1.54) is 25.7 Å². The minimum atomic E-state index is -0.0699. The van der Waals surface area contributed by atoms with Gasteiger partial charge in [-0.3, -0.25) is 0 Å². The fourth-order valence-corrected chi connectivity index (χ4v) is 4.80. The van der Waals surface area contributed by atoms with E-state index in [1.54, 1.807) is 6.26 Å². The third-order valence-electron chi connectivity index (χ3n) is 4.87. The molecule has 0 amide bonds. The Balaban J connectivity index is 1.67. The summed E-state index contributed by atoms with van der Waals surface area (Å²) in [6.07, 6.45) is 1.67. The van der Waals surface area contributed by atoms with E-state index in [-0.39, 0.29) is 18.5 Å². The predicted octanol–water partition coefficient (Wildman–Crippen LogP) is -1.74. The molecule has 0 aromatic carbocycles. The number of quaternary nitrogens is 2. The van der Waals surface area contributed by atoms with Gasteiger partial charge in [0.25, 0.3) is 0 Å². The van der Waals surface area contributed by atoms with Gasteiger partial charge in [0.1, 0.15) is 43.4 Å². The van der Waals surface area contributed by atoms with Gasteiger partial charge in [-0.1, -0.05) is 11.3 Å². The van der Waals surface area contributed by atoms with Crippen LogP contribution in [0.2, 0.25) is 0 Å². The van der Waals surface area contributed by atoms with Crippen LogP contribution in [0.25, 0.3) is 4.96 Å². The highest BCUT2D eigenvalue weighted by atomic mass is 32.1. The summed E-state index contributed by atoms with van der Waals surface area (Å²) in [5.41, 5.74) is 0. The maximum Gasteiger partial charge on any atom is 0.235 e. The van der Waals surface area contributed by atoms with Crippen molar-refractivity contribution in [2.75, 3.05) is 39.3 Å². The minimum absolute atomic E-state index is 0.0699. The van der Waals surface area contributed by atoms with E-state index in [0.29, 0.717) is 10.8 Å². The highest BCUT2D eigenvalue weighted by molar-refractivity contribution is 7.17. The maximum atomic E-state index is 10.7. The molecule has 1 fully saturated rings. The van der Waals surface area contributed by atoms with Crippen LogP contribution in [-0.2, 0) is 0 Å². The Hall–Kier alpha value is -1.94. The number of aromatic nitrogens is 3. The second-order valence-electron chi connectivity index (χ2n) is 6.47. The van der Waals surface area contributed by atoms with Gasteiger partial charge in [-0.15, -0.1) is 5.10 Å². The summed E-state index contributed by atoms with van der Waals surface area (Å²) in [5.74, 6) is 1.65. The predicted molar refractivity (Wildman–Crippen MR) is 91.2 cm³/mol. The molecule has 0 radical (unpaired) electrons. The van der Waals surface area contributed by atoms with Gasteiger partial charge < -0.3 is 24.4 Å². The molecular formula is C16H23N5O3S+2. The Morgan fingerprint density at radius 1 is 1.36 bits per heavy atom. The third-order valence-corrected chi connectivity index (χ3v) is 5.95. The summed E-state index contributed by atoms with van der Waals surface area (Å²) in [5, 5.41) is 24.1. The van der Waals surface area contributed by atoms with E-state index < -0.39 is 0 Å². The lowest BCUT2D eigenvalue weighted by Gasteiger charge is -2.33. The van der Waals surface area contributed by atoms with Gasteiger partial charge in [-0.05, 0) is 19.1 Å². The molecule has 1 atom stereocenters. The fourth-order valence-electron chi connectivity index (χ4n) is 3.63. The van der Waals surface area contributed by atoms with Crippen molar-refractivity contribution in [1.82, 2.24) is 14.6 Å². The number of nitrogens with one attached hydrogen (secondary N) is 2. The molecule has 0 spiro atoms. The number of aryl methyl sites for hydroxylation is 1. The van der Waals surface area contributed by atoms with Crippen molar-refractivity contribution >= 4 is 16.3 Å². The van der Waals surface area contributed by atoms with Gasteiger partial charge >= 0.3 is 0 Å². The average molecular weight is 365 g/mol. The lowest BCUT2D eigenvalue weighted by molar-refractivity contribution is -1.02. The van der Waals surface area contributed by atoms with Gasteiger partial charge in [0.05, 0.1) is 12.9 Å². The number of thiazole rings is 1. The number of rotatable bonds is 5. The number of hydrogen-bond donors (Lipinski definition) is 4. The Bertz CT molecular complexity index is 836. The first-order chi connectivity index (χ1) is 12.2. The molecule has 1 aliphatic heterocycles. The number of piperazine rings is 1. The monoisotopic (exact) mass is 365 g/mol. The van der Waals surface area contributed by atoms with Crippen molar-refractivity contribution in [2.45, 2.75) is 13.0 Å². The van der Waals surface area contributed by atoms with Crippen molar-refractivity contribution in [1.29, 1.82) is 0 Å². The van der Waals surface area contributed by atoms with Crippen LogP contribution in [0.4, 0.5) is 0 Å². The van der Waals surface area contributed by atoms with Gasteiger partial charge in [0, 0.05) is 0 Å².